The van der Waals surface area contributed by atoms with E-state index in [1.165, 1.54) is 11.1 Å². The third-order valence-corrected chi connectivity index (χ3v) is 5.38. The van der Waals surface area contributed by atoms with Crippen LogP contribution in [0, 0.1) is 0 Å². The number of likely N-dealkylation sites (N-methyl/N-ethyl adjacent to an activating group) is 2. The summed E-state index contributed by atoms with van der Waals surface area (Å²) in [7, 11) is 6.16. The highest BCUT2D eigenvalue weighted by atomic mass is 32.1. The van der Waals surface area contributed by atoms with E-state index < -0.39 is 0 Å². The Bertz CT molecular complexity index is 890. The monoisotopic (exact) mass is 382 g/mol. The summed E-state index contributed by atoms with van der Waals surface area (Å²) in [5, 5.41) is 4.15. The Hall–Kier alpha value is -2.44. The van der Waals surface area contributed by atoms with Crippen LogP contribution in [-0.2, 0) is 12.8 Å². The third-order valence-electron chi connectivity index (χ3n) is 4.65. The van der Waals surface area contributed by atoms with Crippen molar-refractivity contribution < 1.29 is 0 Å². The highest BCUT2D eigenvalue weighted by molar-refractivity contribution is 7.07. The Kier molecular flexibility index (Phi) is 6.42. The van der Waals surface area contributed by atoms with Gasteiger partial charge in [0, 0.05) is 37.8 Å². The van der Waals surface area contributed by atoms with Gasteiger partial charge in [0.15, 0.2) is 0 Å². The molecule has 0 saturated carbocycles. The standard InChI is InChI=1S/C21H26N4OS/c1-24(2)19(12-16-7-5-4-6-8-16)14-25(3)21-22-18(13-20(26)23-21)11-17-9-10-27-15-17/h4-10,13,15,19H,11-12,14H2,1-3H3,(H,22,23,26)/t19-/m0/s1. The van der Waals surface area contributed by atoms with Crippen molar-refractivity contribution in [2.24, 2.45) is 0 Å². The predicted molar refractivity (Wildman–Crippen MR) is 113 cm³/mol. The van der Waals surface area contributed by atoms with Crippen molar-refractivity contribution in [1.29, 1.82) is 0 Å². The van der Waals surface area contributed by atoms with E-state index in [0.717, 1.165) is 18.7 Å². The van der Waals surface area contributed by atoms with Crippen LogP contribution in [0.4, 0.5) is 5.95 Å². The molecule has 0 spiro atoms. The van der Waals surface area contributed by atoms with Crippen LogP contribution in [0.3, 0.4) is 0 Å². The molecule has 1 N–H and O–H groups in total. The fraction of sp³-hybridized carbons (Fsp3) is 0.333. The first kappa shape index (κ1) is 19.3. The minimum atomic E-state index is -0.203. The number of hydrogen-bond donors (Lipinski definition) is 1. The summed E-state index contributed by atoms with van der Waals surface area (Å²) in [5.74, 6) is 0.618. The fourth-order valence-corrected chi connectivity index (χ4v) is 3.75. The van der Waals surface area contributed by atoms with Gasteiger partial charge in [-0.05, 0) is 48.5 Å². The van der Waals surface area contributed by atoms with Crippen LogP contribution in [0.1, 0.15) is 16.8 Å². The van der Waals surface area contributed by atoms with Gasteiger partial charge >= 0.3 is 0 Å². The van der Waals surface area contributed by atoms with Crippen LogP contribution < -0.4 is 10.5 Å². The van der Waals surface area contributed by atoms with E-state index in [1.54, 1.807) is 17.4 Å². The molecule has 0 radical (unpaired) electrons. The Morgan fingerprint density at radius 2 is 1.89 bits per heavy atom. The topological polar surface area (TPSA) is 52.2 Å². The molecule has 0 aliphatic heterocycles. The maximum atomic E-state index is 12.1. The Balaban J connectivity index is 1.74. The first-order chi connectivity index (χ1) is 13.0. The number of aromatic nitrogens is 2. The van der Waals surface area contributed by atoms with Crippen molar-refractivity contribution in [3.63, 3.8) is 0 Å². The summed E-state index contributed by atoms with van der Waals surface area (Å²) in [6.45, 7) is 0.771. The number of nitrogens with zero attached hydrogens (tertiary/aromatic N) is 3. The molecular formula is C21H26N4OS. The van der Waals surface area contributed by atoms with Crippen molar-refractivity contribution in [3.05, 3.63) is 80.4 Å². The Morgan fingerprint density at radius 3 is 2.56 bits per heavy atom. The largest absolute Gasteiger partial charge is 0.344 e. The van der Waals surface area contributed by atoms with Crippen LogP contribution in [0.15, 0.2) is 58.0 Å². The molecule has 3 rings (SSSR count). The van der Waals surface area contributed by atoms with Gasteiger partial charge in [-0.3, -0.25) is 4.79 Å². The van der Waals surface area contributed by atoms with E-state index in [1.807, 2.05) is 23.4 Å². The van der Waals surface area contributed by atoms with E-state index >= 15 is 0 Å². The van der Waals surface area contributed by atoms with Crippen LogP contribution >= 0.6 is 11.3 Å². The molecule has 1 atom stereocenters. The molecule has 0 saturated heterocycles. The molecule has 0 unspecified atom stereocenters. The van der Waals surface area contributed by atoms with Crippen molar-refractivity contribution in [3.8, 4) is 0 Å². The number of thiophene rings is 1. The smallest absolute Gasteiger partial charge is 0.274 e. The molecule has 0 aliphatic carbocycles. The molecule has 0 amide bonds. The molecule has 1 aromatic carbocycles. The summed E-state index contributed by atoms with van der Waals surface area (Å²) in [5.41, 5.74) is 3.19. The van der Waals surface area contributed by atoms with Crippen LogP contribution in [0.25, 0.3) is 0 Å². The number of rotatable bonds is 8. The van der Waals surface area contributed by atoms with Gasteiger partial charge in [0.2, 0.25) is 5.95 Å². The maximum absolute atomic E-state index is 12.1. The second-order valence-electron chi connectivity index (χ2n) is 7.06. The van der Waals surface area contributed by atoms with Gasteiger partial charge in [-0.25, -0.2) is 0 Å². The summed E-state index contributed by atoms with van der Waals surface area (Å²) in [4.78, 5) is 23.9. The van der Waals surface area contributed by atoms with Gasteiger partial charge in [0.05, 0.1) is 0 Å². The molecule has 5 nitrogen and oxygen atoms in total. The summed E-state index contributed by atoms with van der Waals surface area (Å²) in [6, 6.07) is 14.4. The summed E-state index contributed by atoms with van der Waals surface area (Å²) < 4.78 is 0. The summed E-state index contributed by atoms with van der Waals surface area (Å²) >= 11 is 1.66. The van der Waals surface area contributed by atoms with Gasteiger partial charge in [0.1, 0.15) is 0 Å². The third kappa shape index (κ3) is 5.52. The lowest BCUT2D eigenvalue weighted by atomic mass is 10.0. The molecule has 2 aromatic heterocycles. The highest BCUT2D eigenvalue weighted by Gasteiger charge is 2.17. The first-order valence-electron chi connectivity index (χ1n) is 9.04. The van der Waals surface area contributed by atoms with E-state index in [9.17, 15) is 4.79 Å². The molecule has 0 aliphatic rings. The van der Waals surface area contributed by atoms with Crippen LogP contribution in [-0.4, -0.2) is 48.6 Å². The number of H-pyrrole nitrogens is 1. The average Bonchev–Trinajstić information content (AvgIpc) is 3.14. The lowest BCUT2D eigenvalue weighted by Gasteiger charge is -2.29. The minimum absolute atomic E-state index is 0.203. The van der Waals surface area contributed by atoms with Gasteiger partial charge in [-0.1, -0.05) is 30.3 Å². The zero-order valence-electron chi connectivity index (χ0n) is 16.1. The second kappa shape index (κ2) is 8.97. The SMILES string of the molecule is CN(C[C@H](Cc1ccccc1)N(C)C)c1nc(=O)cc(Cc2ccsc2)[nH]1. The number of nitrogens with one attached hydrogen (secondary N) is 1. The van der Waals surface area contributed by atoms with Crippen molar-refractivity contribution in [1.82, 2.24) is 14.9 Å². The van der Waals surface area contributed by atoms with Crippen molar-refractivity contribution in [2.45, 2.75) is 18.9 Å². The fourth-order valence-electron chi connectivity index (χ4n) is 3.08. The Labute approximate surface area is 164 Å². The van der Waals surface area contributed by atoms with Gasteiger partial charge in [0.25, 0.3) is 5.56 Å². The molecule has 27 heavy (non-hydrogen) atoms. The molecule has 142 valence electrons. The predicted octanol–water partition coefficient (Wildman–Crippen LogP) is 3.03. The van der Waals surface area contributed by atoms with Gasteiger partial charge in [-0.15, -0.1) is 0 Å². The maximum Gasteiger partial charge on any atom is 0.274 e. The minimum Gasteiger partial charge on any atom is -0.344 e. The lowest BCUT2D eigenvalue weighted by molar-refractivity contribution is 0.294. The van der Waals surface area contributed by atoms with Crippen LogP contribution in [0.5, 0.6) is 0 Å². The molecule has 0 bridgehead atoms. The molecule has 6 heteroatoms. The van der Waals surface area contributed by atoms with Gasteiger partial charge in [-0.2, -0.15) is 16.3 Å². The second-order valence-corrected chi connectivity index (χ2v) is 7.84. The van der Waals surface area contributed by atoms with Crippen molar-refractivity contribution in [2.75, 3.05) is 32.6 Å². The molecule has 3 aromatic rings. The summed E-state index contributed by atoms with van der Waals surface area (Å²) in [6.07, 6.45) is 1.65. The van der Waals surface area contributed by atoms with E-state index in [2.05, 4.69) is 64.7 Å². The lowest BCUT2D eigenvalue weighted by Crippen LogP contribution is -2.41. The molecular weight excluding hydrogens is 356 g/mol. The first-order valence-corrected chi connectivity index (χ1v) is 9.98. The molecule has 0 fully saturated rings. The quantitative estimate of drug-likeness (QED) is 0.651. The van der Waals surface area contributed by atoms with E-state index in [-0.39, 0.29) is 5.56 Å². The number of benzene rings is 1. The number of aromatic amines is 1. The Morgan fingerprint density at radius 1 is 1.11 bits per heavy atom. The van der Waals surface area contributed by atoms with Crippen molar-refractivity contribution >= 4 is 17.3 Å². The number of anilines is 1. The number of hydrogen-bond acceptors (Lipinski definition) is 5. The highest BCUT2D eigenvalue weighted by Crippen LogP contribution is 2.14. The van der Waals surface area contributed by atoms with Gasteiger partial charge < -0.3 is 14.8 Å². The normalized spacial score (nSPS) is 12.3. The zero-order valence-corrected chi connectivity index (χ0v) is 16.9. The van der Waals surface area contributed by atoms with E-state index in [4.69, 9.17) is 0 Å². The van der Waals surface area contributed by atoms with E-state index in [0.29, 0.717) is 18.4 Å². The molecule has 2 heterocycles. The zero-order chi connectivity index (χ0) is 19.2. The van der Waals surface area contributed by atoms with Crippen LogP contribution in [0.2, 0.25) is 0 Å². The average molecular weight is 383 g/mol.